The Kier molecular flexibility index (Phi) is 4.04. The molecule has 0 heterocycles. The number of hydrogen-bond acceptors (Lipinski definition) is 3. The molecule has 0 unspecified atom stereocenters. The molecule has 0 aliphatic rings. The molecule has 82 valence electrons. The summed E-state index contributed by atoms with van der Waals surface area (Å²) in [4.78, 5) is 10.6. The highest BCUT2D eigenvalue weighted by atomic mass is 79.9. The largest absolute Gasteiger partial charge is 0.303 e. The molecule has 0 radical (unpaired) electrons. The van der Waals surface area contributed by atoms with Gasteiger partial charge in [0.1, 0.15) is 6.29 Å². The van der Waals surface area contributed by atoms with Gasteiger partial charge in [-0.3, -0.25) is 0 Å². The molecule has 0 saturated heterocycles. The third kappa shape index (κ3) is 2.89. The lowest BCUT2D eigenvalue weighted by atomic mass is 10.2. The van der Waals surface area contributed by atoms with Gasteiger partial charge in [0, 0.05) is 10.9 Å². The fraction of sp³-hybridized carbons (Fsp3) is 0.300. The molecular weight excluding hydrogens is 280 g/mol. The van der Waals surface area contributed by atoms with Crippen molar-refractivity contribution in [3.05, 3.63) is 28.2 Å². The Balaban J connectivity index is 3.20. The number of rotatable bonds is 4. The lowest BCUT2D eigenvalue weighted by molar-refractivity contribution is -0.107. The minimum absolute atomic E-state index is 0.0681. The molecule has 1 rings (SSSR count). The van der Waals surface area contributed by atoms with Gasteiger partial charge in [0.2, 0.25) is 0 Å². The van der Waals surface area contributed by atoms with Crippen LogP contribution in [0.4, 0.5) is 0 Å². The molecule has 0 N–H and O–H groups in total. The maximum atomic E-state index is 11.6. The third-order valence-electron chi connectivity index (χ3n) is 2.03. The molecule has 0 spiro atoms. The second-order valence-electron chi connectivity index (χ2n) is 3.04. The van der Waals surface area contributed by atoms with E-state index in [4.69, 9.17) is 0 Å². The lowest BCUT2D eigenvalue weighted by Gasteiger charge is -2.05. The van der Waals surface area contributed by atoms with Gasteiger partial charge in [-0.2, -0.15) is 0 Å². The number of carbonyl (C=O) groups excluding carboxylic acids is 1. The van der Waals surface area contributed by atoms with Crippen molar-refractivity contribution in [1.29, 1.82) is 0 Å². The minimum atomic E-state index is -3.20. The molecule has 0 aliphatic heterocycles. The summed E-state index contributed by atoms with van der Waals surface area (Å²) in [6, 6.07) is 4.85. The molecular formula is C10H11BrO3S. The Morgan fingerprint density at radius 1 is 1.40 bits per heavy atom. The van der Waals surface area contributed by atoms with Crippen LogP contribution >= 0.6 is 15.9 Å². The van der Waals surface area contributed by atoms with E-state index in [-0.39, 0.29) is 10.6 Å². The summed E-state index contributed by atoms with van der Waals surface area (Å²) in [5.74, 6) is 0.0681. The SMILES string of the molecule is CCS(=O)(=O)c1ccc(CC=O)cc1Br. The van der Waals surface area contributed by atoms with Crippen molar-refractivity contribution in [3.63, 3.8) is 0 Å². The fourth-order valence-electron chi connectivity index (χ4n) is 1.18. The maximum absolute atomic E-state index is 11.6. The lowest BCUT2D eigenvalue weighted by Crippen LogP contribution is -2.04. The first-order valence-corrected chi connectivity index (χ1v) is 6.90. The van der Waals surface area contributed by atoms with Crippen LogP contribution in [0.5, 0.6) is 0 Å². The first-order valence-electron chi connectivity index (χ1n) is 4.46. The Morgan fingerprint density at radius 2 is 2.07 bits per heavy atom. The van der Waals surface area contributed by atoms with E-state index >= 15 is 0 Å². The number of benzene rings is 1. The zero-order valence-corrected chi connectivity index (χ0v) is 10.6. The van der Waals surface area contributed by atoms with Gasteiger partial charge in [-0.1, -0.05) is 13.0 Å². The molecule has 0 bridgehead atoms. The highest BCUT2D eigenvalue weighted by Crippen LogP contribution is 2.24. The van der Waals surface area contributed by atoms with Gasteiger partial charge in [0.15, 0.2) is 9.84 Å². The quantitative estimate of drug-likeness (QED) is 0.797. The van der Waals surface area contributed by atoms with Gasteiger partial charge in [-0.15, -0.1) is 0 Å². The Morgan fingerprint density at radius 3 is 2.53 bits per heavy atom. The van der Waals surface area contributed by atoms with Crippen LogP contribution < -0.4 is 0 Å². The van der Waals surface area contributed by atoms with Crippen LogP contribution in [-0.2, 0) is 21.1 Å². The molecule has 5 heteroatoms. The van der Waals surface area contributed by atoms with Crippen LogP contribution in [0.15, 0.2) is 27.6 Å². The van der Waals surface area contributed by atoms with Gasteiger partial charge in [-0.05, 0) is 33.6 Å². The summed E-state index contributed by atoms with van der Waals surface area (Å²) >= 11 is 3.20. The van der Waals surface area contributed by atoms with E-state index in [1.54, 1.807) is 19.1 Å². The molecule has 0 aliphatic carbocycles. The second-order valence-corrected chi connectivity index (χ2v) is 6.14. The van der Waals surface area contributed by atoms with E-state index in [9.17, 15) is 13.2 Å². The number of aldehydes is 1. The summed E-state index contributed by atoms with van der Waals surface area (Å²) in [6.07, 6.45) is 1.08. The average Bonchev–Trinajstić information content (AvgIpc) is 2.18. The monoisotopic (exact) mass is 290 g/mol. The summed E-state index contributed by atoms with van der Waals surface area (Å²) in [6.45, 7) is 1.60. The number of sulfone groups is 1. The van der Waals surface area contributed by atoms with Crippen LogP contribution in [0.2, 0.25) is 0 Å². The van der Waals surface area contributed by atoms with E-state index in [1.165, 1.54) is 6.07 Å². The van der Waals surface area contributed by atoms with E-state index in [2.05, 4.69) is 15.9 Å². The molecule has 1 aromatic rings. The van der Waals surface area contributed by atoms with Crippen molar-refractivity contribution in [2.45, 2.75) is 18.2 Å². The van der Waals surface area contributed by atoms with Crippen molar-refractivity contribution >= 4 is 32.1 Å². The average molecular weight is 291 g/mol. The second kappa shape index (κ2) is 4.90. The first kappa shape index (κ1) is 12.4. The van der Waals surface area contributed by atoms with Crippen molar-refractivity contribution in [3.8, 4) is 0 Å². The molecule has 0 fully saturated rings. The zero-order chi connectivity index (χ0) is 11.5. The van der Waals surface area contributed by atoms with Gasteiger partial charge < -0.3 is 4.79 Å². The third-order valence-corrected chi connectivity index (χ3v) is 4.74. The van der Waals surface area contributed by atoms with Crippen LogP contribution in [0.25, 0.3) is 0 Å². The molecule has 0 amide bonds. The molecule has 1 aromatic carbocycles. The number of carbonyl (C=O) groups is 1. The van der Waals surface area contributed by atoms with Gasteiger partial charge in [0.05, 0.1) is 10.6 Å². The van der Waals surface area contributed by atoms with Crippen LogP contribution in [0.3, 0.4) is 0 Å². The summed E-state index contributed by atoms with van der Waals surface area (Å²) in [5.41, 5.74) is 0.798. The molecule has 0 aromatic heterocycles. The van der Waals surface area contributed by atoms with Gasteiger partial charge in [-0.25, -0.2) is 8.42 Å². The highest BCUT2D eigenvalue weighted by Gasteiger charge is 2.15. The summed E-state index contributed by atoms with van der Waals surface area (Å²) in [7, 11) is -3.20. The smallest absolute Gasteiger partial charge is 0.179 e. The van der Waals surface area contributed by atoms with Gasteiger partial charge >= 0.3 is 0 Å². The zero-order valence-electron chi connectivity index (χ0n) is 8.23. The van der Waals surface area contributed by atoms with Crippen LogP contribution in [-0.4, -0.2) is 20.5 Å². The van der Waals surface area contributed by atoms with Gasteiger partial charge in [0.25, 0.3) is 0 Å². The minimum Gasteiger partial charge on any atom is -0.303 e. The standard InChI is InChI=1S/C10H11BrO3S/c1-2-15(13,14)10-4-3-8(5-6-12)7-9(10)11/h3-4,6-7H,2,5H2,1H3. The Bertz CT molecular complexity index is 466. The number of hydrogen-bond donors (Lipinski definition) is 0. The van der Waals surface area contributed by atoms with Crippen molar-refractivity contribution in [1.82, 2.24) is 0 Å². The first-order chi connectivity index (χ1) is 7.01. The number of halogens is 1. The molecule has 0 saturated carbocycles. The topological polar surface area (TPSA) is 51.2 Å². The molecule has 0 atom stereocenters. The predicted octanol–water partition coefficient (Wildman–Crippen LogP) is 1.98. The van der Waals surface area contributed by atoms with Crippen LogP contribution in [0.1, 0.15) is 12.5 Å². The molecule has 3 nitrogen and oxygen atoms in total. The van der Waals surface area contributed by atoms with Crippen molar-refractivity contribution in [2.24, 2.45) is 0 Å². The van der Waals surface area contributed by atoms with Crippen molar-refractivity contribution in [2.75, 3.05) is 5.75 Å². The van der Waals surface area contributed by atoms with E-state index in [0.717, 1.165) is 11.8 Å². The summed E-state index contributed by atoms with van der Waals surface area (Å²) < 4.78 is 23.7. The Hall–Kier alpha value is -0.680. The van der Waals surface area contributed by atoms with E-state index in [1.807, 2.05) is 0 Å². The normalized spacial score (nSPS) is 11.3. The summed E-state index contributed by atoms with van der Waals surface area (Å²) in [5, 5.41) is 0. The maximum Gasteiger partial charge on any atom is 0.179 e. The van der Waals surface area contributed by atoms with Crippen LogP contribution in [0, 0.1) is 0 Å². The highest BCUT2D eigenvalue weighted by molar-refractivity contribution is 9.10. The van der Waals surface area contributed by atoms with E-state index in [0.29, 0.717) is 10.9 Å². The predicted molar refractivity (Wildman–Crippen MR) is 61.6 cm³/mol. The Labute approximate surface area is 97.5 Å². The molecule has 15 heavy (non-hydrogen) atoms. The van der Waals surface area contributed by atoms with Crippen molar-refractivity contribution < 1.29 is 13.2 Å². The van der Waals surface area contributed by atoms with E-state index < -0.39 is 9.84 Å². The fourth-order valence-corrected chi connectivity index (χ4v) is 3.28.